The molecule has 2 spiro atoms. The van der Waals surface area contributed by atoms with Crippen molar-refractivity contribution in [2.24, 2.45) is 5.92 Å². The molecule has 3 nitrogen and oxygen atoms in total. The van der Waals surface area contributed by atoms with Gasteiger partial charge in [0.2, 0.25) is 0 Å². The predicted molar refractivity (Wildman–Crippen MR) is 97.7 cm³/mol. The van der Waals surface area contributed by atoms with Crippen molar-refractivity contribution < 1.29 is 9.53 Å². The standard InChI is InChI=1S/C22H25NO2/c1-3-4-5-7-19(24)25-16-9-8-15-12-18-20-21(17(15)13-16)10-6-11-22(20,14-21)23(18)2/h3-5,7-9,13,18,20H,6,10-12,14H2,1-2H3/b4-3+,7-5+/t18-,20?,21+,22+/m0/s1. The third-order valence-electron chi connectivity index (χ3n) is 7.41. The summed E-state index contributed by atoms with van der Waals surface area (Å²) in [5.41, 5.74) is 3.78. The first-order valence-electron chi connectivity index (χ1n) is 9.48. The molecule has 5 rings (SSSR count). The van der Waals surface area contributed by atoms with Crippen molar-refractivity contribution in [2.75, 3.05) is 7.05 Å². The van der Waals surface area contributed by atoms with Gasteiger partial charge >= 0.3 is 5.97 Å². The molecule has 1 unspecified atom stereocenters. The summed E-state index contributed by atoms with van der Waals surface area (Å²) in [6.07, 6.45) is 13.3. The summed E-state index contributed by atoms with van der Waals surface area (Å²) in [4.78, 5) is 14.6. The van der Waals surface area contributed by atoms with Gasteiger partial charge < -0.3 is 4.74 Å². The lowest BCUT2D eigenvalue weighted by Crippen LogP contribution is -2.88. The summed E-state index contributed by atoms with van der Waals surface area (Å²) in [6.45, 7) is 1.92. The number of carbonyl (C=O) groups excluding carboxylic acids is 1. The summed E-state index contributed by atoms with van der Waals surface area (Å²) < 4.78 is 5.56. The lowest BCUT2D eigenvalue weighted by Gasteiger charge is -2.82. The summed E-state index contributed by atoms with van der Waals surface area (Å²) in [5, 5.41) is 0. The zero-order chi connectivity index (χ0) is 17.2. The summed E-state index contributed by atoms with van der Waals surface area (Å²) in [6, 6.07) is 7.04. The molecule has 1 aromatic carbocycles. The van der Waals surface area contributed by atoms with Crippen LogP contribution >= 0.6 is 0 Å². The fourth-order valence-electron chi connectivity index (χ4n) is 6.60. The quantitative estimate of drug-likeness (QED) is 0.364. The highest BCUT2D eigenvalue weighted by Gasteiger charge is 2.78. The van der Waals surface area contributed by atoms with Gasteiger partial charge in [-0.05, 0) is 62.9 Å². The van der Waals surface area contributed by atoms with Gasteiger partial charge in [0.05, 0.1) is 0 Å². The van der Waals surface area contributed by atoms with E-state index in [9.17, 15) is 4.79 Å². The zero-order valence-corrected chi connectivity index (χ0v) is 15.0. The Kier molecular flexibility index (Phi) is 3.12. The molecule has 25 heavy (non-hydrogen) atoms. The van der Waals surface area contributed by atoms with Gasteiger partial charge in [-0.1, -0.05) is 30.7 Å². The first-order valence-corrected chi connectivity index (χ1v) is 9.48. The van der Waals surface area contributed by atoms with Crippen LogP contribution in [-0.4, -0.2) is 29.5 Å². The average Bonchev–Trinajstić information content (AvgIpc) is 2.61. The van der Waals surface area contributed by atoms with E-state index in [2.05, 4.69) is 24.1 Å². The number of rotatable bonds is 3. The van der Waals surface area contributed by atoms with Gasteiger partial charge in [0.1, 0.15) is 5.75 Å². The highest BCUT2D eigenvalue weighted by atomic mass is 16.5. The summed E-state index contributed by atoms with van der Waals surface area (Å²) >= 11 is 0. The number of fused-ring (bicyclic) bond motifs is 1. The van der Waals surface area contributed by atoms with E-state index in [0.29, 0.717) is 16.7 Å². The minimum atomic E-state index is -0.306. The maximum Gasteiger partial charge on any atom is 0.336 e. The van der Waals surface area contributed by atoms with Crippen molar-refractivity contribution in [3.05, 3.63) is 53.6 Å². The van der Waals surface area contributed by atoms with Crippen molar-refractivity contribution in [1.82, 2.24) is 4.90 Å². The second-order valence-electron chi connectivity index (χ2n) is 8.28. The molecular weight excluding hydrogens is 310 g/mol. The molecule has 2 saturated carbocycles. The molecule has 1 heterocycles. The Bertz CT molecular complexity index is 810. The predicted octanol–water partition coefficient (Wildman–Crippen LogP) is 3.77. The number of benzene rings is 1. The van der Waals surface area contributed by atoms with E-state index in [-0.39, 0.29) is 5.97 Å². The Balaban J connectivity index is 1.45. The molecule has 130 valence electrons. The smallest absolute Gasteiger partial charge is 0.336 e. The molecule has 3 heteroatoms. The van der Waals surface area contributed by atoms with Crippen molar-refractivity contribution >= 4 is 5.97 Å². The third-order valence-corrected chi connectivity index (χ3v) is 7.41. The fourth-order valence-corrected chi connectivity index (χ4v) is 6.60. The van der Waals surface area contributed by atoms with Crippen molar-refractivity contribution in [3.63, 3.8) is 0 Å². The second-order valence-corrected chi connectivity index (χ2v) is 8.28. The van der Waals surface area contributed by atoms with Crippen LogP contribution in [0.2, 0.25) is 0 Å². The number of hydrogen-bond donors (Lipinski definition) is 0. The van der Waals surface area contributed by atoms with E-state index in [1.165, 1.54) is 42.9 Å². The maximum atomic E-state index is 12.0. The fraction of sp³-hybridized carbons (Fsp3) is 0.500. The monoisotopic (exact) mass is 335 g/mol. The molecule has 1 saturated heterocycles. The first-order chi connectivity index (χ1) is 12.1. The highest BCUT2D eigenvalue weighted by Crippen LogP contribution is 2.75. The van der Waals surface area contributed by atoms with Crippen molar-refractivity contribution in [3.8, 4) is 5.75 Å². The Morgan fingerprint density at radius 2 is 2.20 bits per heavy atom. The van der Waals surface area contributed by atoms with E-state index in [1.54, 1.807) is 6.08 Å². The molecule has 0 radical (unpaired) electrons. The third kappa shape index (κ3) is 1.82. The number of ether oxygens (including phenoxy) is 1. The van der Waals surface area contributed by atoms with E-state index >= 15 is 0 Å². The van der Waals surface area contributed by atoms with Crippen LogP contribution in [0.25, 0.3) is 0 Å². The normalized spacial score (nSPS) is 38.0. The average molecular weight is 335 g/mol. The Morgan fingerprint density at radius 3 is 3.04 bits per heavy atom. The molecule has 0 aromatic heterocycles. The number of carbonyl (C=O) groups is 1. The van der Waals surface area contributed by atoms with Gasteiger partial charge in [-0.3, -0.25) is 4.90 Å². The molecule has 3 aliphatic carbocycles. The van der Waals surface area contributed by atoms with Crippen molar-refractivity contribution in [2.45, 2.75) is 56.0 Å². The molecule has 1 aliphatic heterocycles. The SMILES string of the molecule is C/C=C/C=C/C(=O)Oc1ccc2c(c1)[C@@]13CCC[C@@]4(C1)C3[C@H](C2)N4C. The Morgan fingerprint density at radius 1 is 1.32 bits per heavy atom. The van der Waals surface area contributed by atoms with E-state index < -0.39 is 0 Å². The number of esters is 1. The van der Waals surface area contributed by atoms with Gasteiger partial charge in [0, 0.05) is 29.0 Å². The second kappa shape index (κ2) is 5.07. The van der Waals surface area contributed by atoms with Gasteiger partial charge in [0.25, 0.3) is 0 Å². The number of allylic oxidation sites excluding steroid dienone is 3. The molecule has 3 fully saturated rings. The van der Waals surface area contributed by atoms with Crippen LogP contribution in [0.5, 0.6) is 5.75 Å². The Hall–Kier alpha value is -1.87. The number of piperidine rings is 1. The zero-order valence-electron chi connectivity index (χ0n) is 15.0. The minimum Gasteiger partial charge on any atom is -0.423 e. The van der Waals surface area contributed by atoms with Crippen LogP contribution in [-0.2, 0) is 16.6 Å². The van der Waals surface area contributed by atoms with Crippen LogP contribution in [0.4, 0.5) is 0 Å². The molecule has 2 bridgehead atoms. The molecular formula is C22H25NO2. The van der Waals surface area contributed by atoms with E-state index in [0.717, 1.165) is 18.4 Å². The van der Waals surface area contributed by atoms with Gasteiger partial charge in [-0.25, -0.2) is 4.79 Å². The summed E-state index contributed by atoms with van der Waals surface area (Å²) in [5.74, 6) is 1.21. The number of nitrogens with zero attached hydrogens (tertiary/aromatic N) is 1. The first kappa shape index (κ1) is 15.4. The number of hydrogen-bond acceptors (Lipinski definition) is 3. The topological polar surface area (TPSA) is 29.5 Å². The summed E-state index contributed by atoms with van der Waals surface area (Å²) in [7, 11) is 2.33. The molecule has 4 atom stereocenters. The van der Waals surface area contributed by atoms with Crippen LogP contribution in [0.1, 0.15) is 43.7 Å². The minimum absolute atomic E-state index is 0.306. The lowest BCUT2D eigenvalue weighted by atomic mass is 9.32. The van der Waals surface area contributed by atoms with Crippen LogP contribution in [0.3, 0.4) is 0 Å². The number of likely N-dealkylation sites (tertiary alicyclic amines) is 1. The maximum absolute atomic E-state index is 12.0. The Labute approximate surface area is 149 Å². The van der Waals surface area contributed by atoms with Crippen LogP contribution in [0.15, 0.2) is 42.5 Å². The largest absolute Gasteiger partial charge is 0.423 e. The van der Waals surface area contributed by atoms with E-state index in [4.69, 9.17) is 4.74 Å². The highest BCUT2D eigenvalue weighted by molar-refractivity contribution is 5.84. The van der Waals surface area contributed by atoms with Gasteiger partial charge in [-0.2, -0.15) is 0 Å². The molecule has 1 aromatic rings. The molecule has 0 N–H and O–H groups in total. The lowest BCUT2D eigenvalue weighted by molar-refractivity contribution is -0.275. The van der Waals surface area contributed by atoms with Gasteiger partial charge in [-0.15, -0.1) is 0 Å². The van der Waals surface area contributed by atoms with Crippen LogP contribution < -0.4 is 4.74 Å². The number of likely N-dealkylation sites (N-methyl/N-ethyl adjacent to an activating group) is 1. The van der Waals surface area contributed by atoms with E-state index in [1.807, 2.05) is 25.1 Å². The van der Waals surface area contributed by atoms with Crippen LogP contribution in [0, 0.1) is 5.92 Å². The van der Waals surface area contributed by atoms with Gasteiger partial charge in [0.15, 0.2) is 0 Å². The van der Waals surface area contributed by atoms with Crippen molar-refractivity contribution in [1.29, 1.82) is 0 Å². The molecule has 4 aliphatic rings. The molecule has 0 amide bonds.